The summed E-state index contributed by atoms with van der Waals surface area (Å²) in [5.74, 6) is 1.40. The average molecular weight is 286 g/mol. The van der Waals surface area contributed by atoms with Gasteiger partial charge in [-0.25, -0.2) is 0 Å². The molecule has 1 fully saturated rings. The molecule has 2 aliphatic rings. The lowest BCUT2D eigenvalue weighted by Gasteiger charge is -2.21. The highest BCUT2D eigenvalue weighted by molar-refractivity contribution is 5.81. The van der Waals surface area contributed by atoms with Gasteiger partial charge in [-0.05, 0) is 42.9 Å². The maximum Gasteiger partial charge on any atom is 0.227 e. The minimum atomic E-state index is -0.0838. The van der Waals surface area contributed by atoms with E-state index in [0.29, 0.717) is 12.3 Å². The van der Waals surface area contributed by atoms with Crippen LogP contribution in [0.5, 0.6) is 5.75 Å². The number of benzene rings is 1. The molecule has 0 saturated heterocycles. The van der Waals surface area contributed by atoms with Gasteiger partial charge in [-0.15, -0.1) is 0 Å². The Hall–Kier alpha value is -1.81. The first-order chi connectivity index (χ1) is 10.2. The summed E-state index contributed by atoms with van der Waals surface area (Å²) in [6.45, 7) is 0. The lowest BCUT2D eigenvalue weighted by molar-refractivity contribution is -0.124. The van der Waals surface area contributed by atoms with Gasteiger partial charge < -0.3 is 15.8 Å². The fraction of sp³-hybridized carbons (Fsp3) is 0.471. The molecule has 0 radical (unpaired) electrons. The highest BCUT2D eigenvalue weighted by Gasteiger charge is 2.35. The summed E-state index contributed by atoms with van der Waals surface area (Å²) in [5.41, 5.74) is 6.98. The van der Waals surface area contributed by atoms with E-state index in [9.17, 15) is 4.79 Å². The summed E-state index contributed by atoms with van der Waals surface area (Å²) in [4.78, 5) is 12.4. The molecule has 2 aliphatic carbocycles. The molecule has 3 unspecified atom stereocenters. The molecule has 3 rings (SSSR count). The Kier molecular flexibility index (Phi) is 3.97. The van der Waals surface area contributed by atoms with Crippen molar-refractivity contribution in [3.8, 4) is 5.75 Å². The third kappa shape index (κ3) is 3.27. The van der Waals surface area contributed by atoms with Crippen molar-refractivity contribution in [2.75, 3.05) is 7.11 Å². The molecule has 0 spiro atoms. The number of rotatable bonds is 5. The monoisotopic (exact) mass is 286 g/mol. The van der Waals surface area contributed by atoms with E-state index < -0.39 is 0 Å². The summed E-state index contributed by atoms with van der Waals surface area (Å²) in [7, 11) is 1.66. The zero-order chi connectivity index (χ0) is 14.8. The fourth-order valence-corrected chi connectivity index (χ4v) is 2.90. The second-order valence-electron chi connectivity index (χ2n) is 5.99. The number of methoxy groups -OCH3 is 1. The number of amides is 1. The summed E-state index contributed by atoms with van der Waals surface area (Å²) in [5, 5.41) is 3.21. The highest BCUT2D eigenvalue weighted by Crippen LogP contribution is 2.41. The molecule has 1 aromatic carbocycles. The van der Waals surface area contributed by atoms with Crippen LogP contribution in [-0.4, -0.2) is 19.1 Å². The summed E-state index contributed by atoms with van der Waals surface area (Å²) in [6, 6.07) is 8.09. The Morgan fingerprint density at radius 2 is 2.00 bits per heavy atom. The van der Waals surface area contributed by atoms with Crippen LogP contribution in [0.3, 0.4) is 0 Å². The third-order valence-corrected chi connectivity index (χ3v) is 4.32. The Labute approximate surface area is 125 Å². The van der Waals surface area contributed by atoms with Crippen LogP contribution in [0.2, 0.25) is 0 Å². The molecule has 1 aromatic rings. The Bertz CT molecular complexity index is 534. The topological polar surface area (TPSA) is 64.3 Å². The second kappa shape index (κ2) is 5.90. The molecular weight excluding hydrogens is 264 g/mol. The van der Waals surface area contributed by atoms with Gasteiger partial charge in [-0.3, -0.25) is 4.79 Å². The van der Waals surface area contributed by atoms with Gasteiger partial charge in [0.1, 0.15) is 5.75 Å². The largest absolute Gasteiger partial charge is 0.497 e. The molecule has 112 valence electrons. The van der Waals surface area contributed by atoms with E-state index >= 15 is 0 Å². The summed E-state index contributed by atoms with van der Waals surface area (Å²) < 4.78 is 5.19. The van der Waals surface area contributed by atoms with Crippen molar-refractivity contribution in [2.24, 2.45) is 17.6 Å². The fourth-order valence-electron chi connectivity index (χ4n) is 2.90. The van der Waals surface area contributed by atoms with Crippen LogP contribution < -0.4 is 15.8 Å². The van der Waals surface area contributed by atoms with E-state index in [-0.39, 0.29) is 23.9 Å². The zero-order valence-corrected chi connectivity index (χ0v) is 12.3. The number of carbonyl (C=O) groups is 1. The number of carbonyl (C=O) groups excluding carboxylic acids is 1. The number of nitrogens with two attached hydrogens (primary N) is 1. The maximum absolute atomic E-state index is 12.4. The van der Waals surface area contributed by atoms with E-state index in [4.69, 9.17) is 10.5 Å². The predicted octanol–water partition coefficient (Wildman–Crippen LogP) is 2.17. The molecule has 4 nitrogen and oxygen atoms in total. The van der Waals surface area contributed by atoms with Gasteiger partial charge in [0.2, 0.25) is 5.91 Å². The normalized spacial score (nSPS) is 25.6. The Balaban J connectivity index is 1.69. The van der Waals surface area contributed by atoms with Crippen LogP contribution in [0.25, 0.3) is 0 Å². The predicted molar refractivity (Wildman–Crippen MR) is 81.8 cm³/mol. The minimum Gasteiger partial charge on any atom is -0.497 e. The molecule has 1 amide bonds. The summed E-state index contributed by atoms with van der Waals surface area (Å²) in [6.07, 6.45) is 6.92. The standard InChI is InChI=1S/C17H22N2O2/c1-21-15-8-5-12(6-9-15)16(11-2-3-11)19-17(20)13-4-7-14(18)10-13/h4-9,11,13-14,16H,2-3,10,18H2,1H3,(H,19,20). The van der Waals surface area contributed by atoms with E-state index in [2.05, 4.69) is 5.32 Å². The van der Waals surface area contributed by atoms with Gasteiger partial charge in [0.05, 0.1) is 19.1 Å². The van der Waals surface area contributed by atoms with Crippen molar-refractivity contribution in [2.45, 2.75) is 31.3 Å². The van der Waals surface area contributed by atoms with E-state index in [1.54, 1.807) is 7.11 Å². The first kappa shape index (κ1) is 14.1. The van der Waals surface area contributed by atoms with E-state index in [0.717, 1.165) is 11.3 Å². The molecule has 3 atom stereocenters. The molecule has 0 heterocycles. The van der Waals surface area contributed by atoms with Gasteiger partial charge in [0.15, 0.2) is 0 Å². The smallest absolute Gasteiger partial charge is 0.227 e. The van der Waals surface area contributed by atoms with Gasteiger partial charge >= 0.3 is 0 Å². The first-order valence-corrected chi connectivity index (χ1v) is 7.55. The average Bonchev–Trinajstić information content (AvgIpc) is 3.25. The quantitative estimate of drug-likeness (QED) is 0.815. The van der Waals surface area contributed by atoms with Crippen LogP contribution in [-0.2, 0) is 4.79 Å². The number of hydrogen-bond acceptors (Lipinski definition) is 3. The van der Waals surface area contributed by atoms with Crippen molar-refractivity contribution in [1.82, 2.24) is 5.32 Å². The first-order valence-electron chi connectivity index (χ1n) is 7.55. The number of ether oxygens (including phenoxy) is 1. The molecule has 0 aromatic heterocycles. The van der Waals surface area contributed by atoms with Crippen molar-refractivity contribution < 1.29 is 9.53 Å². The molecule has 0 aliphatic heterocycles. The molecule has 1 saturated carbocycles. The highest BCUT2D eigenvalue weighted by atomic mass is 16.5. The van der Waals surface area contributed by atoms with E-state index in [1.807, 2.05) is 36.4 Å². The van der Waals surface area contributed by atoms with Gasteiger partial charge in [-0.1, -0.05) is 24.3 Å². The van der Waals surface area contributed by atoms with Crippen molar-refractivity contribution in [1.29, 1.82) is 0 Å². The van der Waals surface area contributed by atoms with Crippen molar-refractivity contribution in [3.05, 3.63) is 42.0 Å². The Morgan fingerprint density at radius 1 is 1.29 bits per heavy atom. The third-order valence-electron chi connectivity index (χ3n) is 4.32. The summed E-state index contributed by atoms with van der Waals surface area (Å²) >= 11 is 0. The van der Waals surface area contributed by atoms with Crippen LogP contribution in [0.4, 0.5) is 0 Å². The second-order valence-corrected chi connectivity index (χ2v) is 5.99. The van der Waals surface area contributed by atoms with Crippen LogP contribution >= 0.6 is 0 Å². The van der Waals surface area contributed by atoms with Crippen molar-refractivity contribution >= 4 is 5.91 Å². The Morgan fingerprint density at radius 3 is 2.52 bits per heavy atom. The molecule has 0 bridgehead atoms. The van der Waals surface area contributed by atoms with Crippen LogP contribution in [0, 0.1) is 11.8 Å². The molecule has 21 heavy (non-hydrogen) atoms. The molecular formula is C17H22N2O2. The zero-order valence-electron chi connectivity index (χ0n) is 12.3. The number of nitrogens with one attached hydrogen (secondary N) is 1. The van der Waals surface area contributed by atoms with Gasteiger partial charge in [-0.2, -0.15) is 0 Å². The lowest BCUT2D eigenvalue weighted by Crippen LogP contribution is -2.34. The van der Waals surface area contributed by atoms with E-state index in [1.165, 1.54) is 12.8 Å². The molecule has 3 N–H and O–H groups in total. The van der Waals surface area contributed by atoms with Crippen LogP contribution in [0.1, 0.15) is 30.9 Å². The van der Waals surface area contributed by atoms with Gasteiger partial charge in [0, 0.05) is 6.04 Å². The number of hydrogen-bond donors (Lipinski definition) is 2. The SMILES string of the molecule is COc1ccc(C(NC(=O)C2C=CC(N)C2)C2CC2)cc1. The maximum atomic E-state index is 12.4. The lowest BCUT2D eigenvalue weighted by atomic mass is 10.00. The molecule has 4 heteroatoms. The van der Waals surface area contributed by atoms with Gasteiger partial charge in [0.25, 0.3) is 0 Å². The van der Waals surface area contributed by atoms with Crippen molar-refractivity contribution in [3.63, 3.8) is 0 Å². The minimum absolute atomic E-state index is 0.0149. The van der Waals surface area contributed by atoms with Crippen LogP contribution in [0.15, 0.2) is 36.4 Å².